The minimum Gasteiger partial charge on any atom is -0.490 e. The molecule has 1 amide bonds. The molecular formula is C32H39ClN2O5S. The highest BCUT2D eigenvalue weighted by atomic mass is 35.5. The maximum Gasteiger partial charge on any atom is 0.264 e. The summed E-state index contributed by atoms with van der Waals surface area (Å²) in [5.41, 5.74) is 2.00. The second-order valence-electron chi connectivity index (χ2n) is 13.0. The van der Waals surface area contributed by atoms with Crippen LogP contribution in [-0.4, -0.2) is 45.2 Å². The molecular weight excluding hydrogens is 560 g/mol. The standard InChI is InChI=1S/C32H39ClN2O5S/c1-31(2)14-4-3-7-28(36)25-11-8-22(25)18-35-19-32(15-5-6-21-16-23(33)9-12-26(21)32)20-40-29-13-10-24(17-27(29)35)41(38,39)34-30(31)37/h3,7,9-10,12-13,16-17,22,25,28,36H,4-6,8,11,14-15,18-20H2,1-2H3,(H,34,37)/b7-3+/t22-,25+,28-,32-/m0/s1. The van der Waals surface area contributed by atoms with Crippen molar-refractivity contribution < 1.29 is 23.1 Å². The van der Waals surface area contributed by atoms with Gasteiger partial charge in [-0.1, -0.05) is 43.7 Å². The van der Waals surface area contributed by atoms with Crippen LogP contribution in [0.3, 0.4) is 0 Å². The van der Waals surface area contributed by atoms with Gasteiger partial charge < -0.3 is 14.7 Å². The molecule has 2 heterocycles. The SMILES string of the molecule is CC1(C)CC/C=C/[C@H](O)[C@@H]2CC[C@H]2CN2C[C@@]3(CCCc4cc(Cl)ccc43)COc3ccc(cc32)S(=O)(=O)NC1=O. The van der Waals surface area contributed by atoms with E-state index in [4.69, 9.17) is 16.3 Å². The summed E-state index contributed by atoms with van der Waals surface area (Å²) in [7, 11) is -4.10. The first-order chi connectivity index (χ1) is 19.5. The highest BCUT2D eigenvalue weighted by Crippen LogP contribution is 2.47. The number of aliphatic hydroxyl groups excluding tert-OH is 1. The molecule has 41 heavy (non-hydrogen) atoms. The van der Waals surface area contributed by atoms with E-state index < -0.39 is 27.4 Å². The fourth-order valence-corrected chi connectivity index (χ4v) is 8.42. The number of allylic oxidation sites excluding steroid dienone is 1. The van der Waals surface area contributed by atoms with Crippen LogP contribution >= 0.6 is 11.6 Å². The number of fused-ring (bicyclic) bond motifs is 4. The van der Waals surface area contributed by atoms with Gasteiger partial charge in [0, 0.05) is 28.9 Å². The van der Waals surface area contributed by atoms with Crippen LogP contribution in [0.5, 0.6) is 5.75 Å². The molecule has 4 aliphatic rings. The minimum absolute atomic E-state index is 0.0398. The molecule has 6 rings (SSSR count). The Labute approximate surface area is 248 Å². The number of benzene rings is 2. The van der Waals surface area contributed by atoms with Crippen LogP contribution in [0.2, 0.25) is 5.02 Å². The summed E-state index contributed by atoms with van der Waals surface area (Å²) in [4.78, 5) is 15.4. The molecule has 220 valence electrons. The molecule has 0 aromatic heterocycles. The summed E-state index contributed by atoms with van der Waals surface area (Å²) >= 11 is 6.38. The van der Waals surface area contributed by atoms with E-state index in [-0.39, 0.29) is 22.1 Å². The van der Waals surface area contributed by atoms with Crippen molar-refractivity contribution in [2.75, 3.05) is 24.6 Å². The van der Waals surface area contributed by atoms with Crippen LogP contribution in [0.4, 0.5) is 5.69 Å². The maximum atomic E-state index is 13.5. The summed E-state index contributed by atoms with van der Waals surface area (Å²) in [5, 5.41) is 11.8. The van der Waals surface area contributed by atoms with Crippen molar-refractivity contribution in [2.24, 2.45) is 17.3 Å². The number of ether oxygens (including phenoxy) is 1. The van der Waals surface area contributed by atoms with Crippen LogP contribution in [-0.2, 0) is 26.7 Å². The Hall–Kier alpha value is -2.55. The number of carbonyl (C=O) groups excluding carboxylic acids is 1. The molecule has 1 fully saturated rings. The Morgan fingerprint density at radius 2 is 1.95 bits per heavy atom. The smallest absolute Gasteiger partial charge is 0.264 e. The monoisotopic (exact) mass is 598 g/mol. The van der Waals surface area contributed by atoms with Crippen molar-refractivity contribution >= 4 is 33.2 Å². The number of rotatable bonds is 0. The Balaban J connectivity index is 1.44. The van der Waals surface area contributed by atoms with E-state index in [0.29, 0.717) is 44.0 Å². The van der Waals surface area contributed by atoms with Gasteiger partial charge in [-0.15, -0.1) is 0 Å². The number of anilines is 1. The quantitative estimate of drug-likeness (QED) is 0.395. The second kappa shape index (κ2) is 10.6. The lowest BCUT2D eigenvalue weighted by atomic mass is 9.68. The molecule has 2 aliphatic heterocycles. The van der Waals surface area contributed by atoms with Crippen LogP contribution < -0.4 is 14.4 Å². The van der Waals surface area contributed by atoms with Crippen LogP contribution in [0.1, 0.15) is 63.5 Å². The zero-order valence-corrected chi connectivity index (χ0v) is 25.3. The second-order valence-corrected chi connectivity index (χ2v) is 15.1. The average molecular weight is 599 g/mol. The van der Waals surface area contributed by atoms with E-state index in [9.17, 15) is 18.3 Å². The number of hydrogen-bond acceptors (Lipinski definition) is 6. The first-order valence-corrected chi connectivity index (χ1v) is 16.6. The van der Waals surface area contributed by atoms with Gasteiger partial charge in [0.2, 0.25) is 5.91 Å². The third-order valence-electron chi connectivity index (χ3n) is 9.80. The van der Waals surface area contributed by atoms with Gasteiger partial charge in [-0.2, -0.15) is 0 Å². The molecule has 2 aromatic carbocycles. The summed E-state index contributed by atoms with van der Waals surface area (Å²) in [6.07, 6.45) is 9.13. The number of carbonyl (C=O) groups is 1. The molecule has 2 bridgehead atoms. The van der Waals surface area contributed by atoms with Gasteiger partial charge in [0.1, 0.15) is 5.75 Å². The van der Waals surface area contributed by atoms with Gasteiger partial charge in [0.05, 0.1) is 23.3 Å². The number of halogens is 1. The number of aryl methyl sites for hydroxylation is 1. The van der Waals surface area contributed by atoms with E-state index in [1.54, 1.807) is 26.0 Å². The predicted molar refractivity (Wildman–Crippen MR) is 160 cm³/mol. The number of nitrogens with one attached hydrogen (secondary N) is 1. The normalized spacial score (nSPS) is 31.5. The topological polar surface area (TPSA) is 95.9 Å². The highest BCUT2D eigenvalue weighted by Gasteiger charge is 2.44. The number of aliphatic hydroxyl groups is 1. The van der Waals surface area contributed by atoms with Crippen molar-refractivity contribution in [1.29, 1.82) is 0 Å². The zero-order chi connectivity index (χ0) is 29.0. The summed E-state index contributed by atoms with van der Waals surface area (Å²) in [6, 6.07) is 11.0. The summed E-state index contributed by atoms with van der Waals surface area (Å²) in [5.74, 6) is 0.474. The lowest BCUT2D eigenvalue weighted by Gasteiger charge is -2.45. The number of amides is 1. The highest BCUT2D eigenvalue weighted by molar-refractivity contribution is 7.90. The molecule has 7 nitrogen and oxygen atoms in total. The predicted octanol–water partition coefficient (Wildman–Crippen LogP) is 5.38. The van der Waals surface area contributed by atoms with Gasteiger partial charge in [0.15, 0.2) is 0 Å². The van der Waals surface area contributed by atoms with Crippen LogP contribution in [0.25, 0.3) is 0 Å². The van der Waals surface area contributed by atoms with Crippen LogP contribution in [0, 0.1) is 17.3 Å². The fourth-order valence-electron chi connectivity index (χ4n) is 7.07. The first-order valence-electron chi connectivity index (χ1n) is 14.7. The largest absolute Gasteiger partial charge is 0.490 e. The van der Waals surface area contributed by atoms with Gasteiger partial charge in [-0.05, 0) is 98.2 Å². The number of hydrogen-bond donors (Lipinski definition) is 2. The van der Waals surface area contributed by atoms with Crippen molar-refractivity contribution in [2.45, 2.75) is 75.2 Å². The van der Waals surface area contributed by atoms with Crippen LogP contribution in [0.15, 0.2) is 53.4 Å². The zero-order valence-electron chi connectivity index (χ0n) is 23.7. The molecule has 1 spiro atoms. The number of sulfonamides is 1. The van der Waals surface area contributed by atoms with Crippen molar-refractivity contribution in [3.8, 4) is 5.75 Å². The molecule has 0 unspecified atom stereocenters. The molecule has 2 aromatic rings. The average Bonchev–Trinajstić information content (AvgIpc) is 3.05. The Kier molecular flexibility index (Phi) is 7.40. The minimum atomic E-state index is -4.10. The van der Waals surface area contributed by atoms with E-state index in [1.165, 1.54) is 17.2 Å². The van der Waals surface area contributed by atoms with Crippen molar-refractivity contribution in [3.05, 3.63) is 64.7 Å². The maximum absolute atomic E-state index is 13.5. The van der Waals surface area contributed by atoms with Gasteiger partial charge in [-0.25, -0.2) is 13.1 Å². The summed E-state index contributed by atoms with van der Waals surface area (Å²) in [6.45, 7) is 5.30. The van der Waals surface area contributed by atoms with Crippen molar-refractivity contribution in [3.63, 3.8) is 0 Å². The first kappa shape index (κ1) is 28.6. The van der Waals surface area contributed by atoms with E-state index >= 15 is 0 Å². The van der Waals surface area contributed by atoms with E-state index in [1.807, 2.05) is 18.2 Å². The van der Waals surface area contributed by atoms with E-state index in [0.717, 1.165) is 37.1 Å². The number of nitrogens with zero attached hydrogens (tertiary/aromatic N) is 1. The molecule has 1 saturated carbocycles. The molecule has 2 N–H and O–H groups in total. The van der Waals surface area contributed by atoms with Crippen molar-refractivity contribution in [1.82, 2.24) is 4.72 Å². The van der Waals surface area contributed by atoms with E-state index in [2.05, 4.69) is 21.8 Å². The van der Waals surface area contributed by atoms with Gasteiger partial charge in [0.25, 0.3) is 10.0 Å². The molecule has 9 heteroatoms. The summed E-state index contributed by atoms with van der Waals surface area (Å²) < 4.78 is 35.8. The Morgan fingerprint density at radius 1 is 1.12 bits per heavy atom. The lowest BCUT2D eigenvalue weighted by Crippen LogP contribution is -2.49. The van der Waals surface area contributed by atoms with Gasteiger partial charge >= 0.3 is 0 Å². The fraction of sp³-hybridized carbons (Fsp3) is 0.531. The Morgan fingerprint density at radius 3 is 2.73 bits per heavy atom. The molecule has 2 aliphatic carbocycles. The Bertz CT molecular complexity index is 1490. The van der Waals surface area contributed by atoms with Gasteiger partial charge in [-0.3, -0.25) is 4.79 Å². The lowest BCUT2D eigenvalue weighted by molar-refractivity contribution is -0.127. The molecule has 0 radical (unpaired) electrons. The third-order valence-corrected chi connectivity index (χ3v) is 11.4. The third kappa shape index (κ3) is 5.39. The molecule has 4 atom stereocenters. The molecule has 0 saturated heterocycles.